The summed E-state index contributed by atoms with van der Waals surface area (Å²) in [6.07, 6.45) is -13.7. The Bertz CT molecular complexity index is 219. The predicted molar refractivity (Wildman–Crippen MR) is 24.6 cm³/mol. The van der Waals surface area contributed by atoms with Crippen molar-refractivity contribution in [2.24, 2.45) is 0 Å². The van der Waals surface area contributed by atoms with E-state index in [9.17, 15) is 35.1 Å². The number of halogens is 8. The van der Waals surface area contributed by atoms with Crippen LogP contribution in [0.2, 0.25) is 0 Å². The number of hydrogen-bond acceptors (Lipinski definition) is 0. The molecular formula is C5H2F8. The van der Waals surface area contributed by atoms with Gasteiger partial charge in [0.25, 0.3) is 0 Å². The van der Waals surface area contributed by atoms with Crippen molar-refractivity contribution >= 4 is 0 Å². The SMILES string of the molecule is FC1C(F)C(F)(C(F)(F)F)C1(F)F. The fraction of sp³-hybridized carbons (Fsp3) is 1.00. The van der Waals surface area contributed by atoms with E-state index < -0.39 is 30.1 Å². The Morgan fingerprint density at radius 3 is 1.38 bits per heavy atom. The maximum absolute atomic E-state index is 12.3. The molecule has 0 heterocycles. The maximum atomic E-state index is 12.3. The van der Waals surface area contributed by atoms with Crippen molar-refractivity contribution in [1.29, 1.82) is 0 Å². The summed E-state index contributed by atoms with van der Waals surface area (Å²) in [7, 11) is 0. The maximum Gasteiger partial charge on any atom is 0.431 e. The summed E-state index contributed by atoms with van der Waals surface area (Å²) in [4.78, 5) is 0. The van der Waals surface area contributed by atoms with E-state index in [0.29, 0.717) is 0 Å². The molecule has 0 aromatic carbocycles. The third-order valence-corrected chi connectivity index (χ3v) is 1.88. The van der Waals surface area contributed by atoms with Crippen LogP contribution in [0.1, 0.15) is 0 Å². The fourth-order valence-electron chi connectivity index (χ4n) is 1.02. The van der Waals surface area contributed by atoms with Gasteiger partial charge in [0.15, 0.2) is 6.17 Å². The van der Waals surface area contributed by atoms with Gasteiger partial charge in [0.1, 0.15) is 0 Å². The molecule has 0 amide bonds. The van der Waals surface area contributed by atoms with Crippen LogP contribution >= 0.6 is 0 Å². The molecule has 0 aromatic heterocycles. The van der Waals surface area contributed by atoms with E-state index in [-0.39, 0.29) is 0 Å². The molecule has 8 heteroatoms. The summed E-state index contributed by atoms with van der Waals surface area (Å²) in [6, 6.07) is 0. The van der Waals surface area contributed by atoms with E-state index in [1.165, 1.54) is 0 Å². The van der Waals surface area contributed by atoms with Crippen molar-refractivity contribution < 1.29 is 35.1 Å². The standard InChI is InChI=1S/C5H2F8/c6-1-2(7)4(9,10)3(1,8)5(11,12)13/h1-2H. The fourth-order valence-corrected chi connectivity index (χ4v) is 1.02. The van der Waals surface area contributed by atoms with Crippen molar-refractivity contribution in [2.45, 2.75) is 30.1 Å². The quantitative estimate of drug-likeness (QED) is 0.543. The Hall–Kier alpha value is -0.560. The molecule has 0 N–H and O–H groups in total. The molecule has 3 unspecified atom stereocenters. The van der Waals surface area contributed by atoms with E-state index in [1.807, 2.05) is 0 Å². The summed E-state index contributed by atoms with van der Waals surface area (Å²) < 4.78 is 94.9. The Kier molecular flexibility index (Phi) is 1.84. The van der Waals surface area contributed by atoms with Gasteiger partial charge < -0.3 is 0 Å². The number of hydrogen-bond donors (Lipinski definition) is 0. The monoisotopic (exact) mass is 214 g/mol. The minimum atomic E-state index is -6.11. The zero-order chi connectivity index (χ0) is 10.7. The van der Waals surface area contributed by atoms with Crippen LogP contribution in [0.4, 0.5) is 35.1 Å². The van der Waals surface area contributed by atoms with Gasteiger partial charge in [0.2, 0.25) is 6.17 Å². The van der Waals surface area contributed by atoms with Crippen LogP contribution in [0.3, 0.4) is 0 Å². The first-order valence-electron chi connectivity index (χ1n) is 2.98. The van der Waals surface area contributed by atoms with Gasteiger partial charge in [0, 0.05) is 0 Å². The third-order valence-electron chi connectivity index (χ3n) is 1.88. The smallest absolute Gasteiger partial charge is 0.240 e. The van der Waals surface area contributed by atoms with Crippen LogP contribution in [0.15, 0.2) is 0 Å². The molecule has 1 aliphatic rings. The first-order chi connectivity index (χ1) is 5.57. The highest BCUT2D eigenvalue weighted by atomic mass is 19.4. The van der Waals surface area contributed by atoms with Gasteiger partial charge in [-0.1, -0.05) is 0 Å². The Balaban J connectivity index is 3.06. The van der Waals surface area contributed by atoms with E-state index in [4.69, 9.17) is 0 Å². The van der Waals surface area contributed by atoms with Crippen LogP contribution < -0.4 is 0 Å². The highest BCUT2D eigenvalue weighted by molar-refractivity contribution is 5.21. The molecule has 0 nitrogen and oxygen atoms in total. The van der Waals surface area contributed by atoms with E-state index in [2.05, 4.69) is 0 Å². The highest BCUT2D eigenvalue weighted by Crippen LogP contribution is 2.60. The molecule has 1 saturated carbocycles. The van der Waals surface area contributed by atoms with Crippen molar-refractivity contribution in [1.82, 2.24) is 0 Å². The highest BCUT2D eigenvalue weighted by Gasteiger charge is 2.89. The molecule has 13 heavy (non-hydrogen) atoms. The van der Waals surface area contributed by atoms with Crippen molar-refractivity contribution in [2.75, 3.05) is 0 Å². The zero-order valence-electron chi connectivity index (χ0n) is 5.68. The molecule has 0 saturated heterocycles. The van der Waals surface area contributed by atoms with Gasteiger partial charge in [-0.3, -0.25) is 0 Å². The van der Waals surface area contributed by atoms with E-state index in [0.717, 1.165) is 0 Å². The summed E-state index contributed by atoms with van der Waals surface area (Å²) in [5.41, 5.74) is -5.39. The molecule has 0 radical (unpaired) electrons. The van der Waals surface area contributed by atoms with Crippen molar-refractivity contribution in [3.63, 3.8) is 0 Å². The lowest BCUT2D eigenvalue weighted by atomic mass is 9.73. The minimum absolute atomic E-state index is 3.74. The molecule has 0 aliphatic heterocycles. The molecular weight excluding hydrogens is 212 g/mol. The molecule has 1 fully saturated rings. The average molecular weight is 214 g/mol. The van der Waals surface area contributed by atoms with Gasteiger partial charge in [-0.15, -0.1) is 0 Å². The molecule has 0 aromatic rings. The lowest BCUT2D eigenvalue weighted by molar-refractivity contribution is -0.394. The molecule has 1 aliphatic carbocycles. The van der Waals surface area contributed by atoms with Crippen LogP contribution in [-0.2, 0) is 0 Å². The van der Waals surface area contributed by atoms with Crippen molar-refractivity contribution in [3.05, 3.63) is 0 Å². The average Bonchev–Trinajstić information content (AvgIpc) is 1.98. The van der Waals surface area contributed by atoms with Crippen LogP contribution in [-0.4, -0.2) is 30.1 Å². The summed E-state index contributed by atoms with van der Waals surface area (Å²) >= 11 is 0. The second kappa shape index (κ2) is 2.27. The Morgan fingerprint density at radius 2 is 1.23 bits per heavy atom. The lowest BCUT2D eigenvalue weighted by Crippen LogP contribution is -2.78. The van der Waals surface area contributed by atoms with Crippen LogP contribution in [0, 0.1) is 0 Å². The van der Waals surface area contributed by atoms with Gasteiger partial charge in [0.05, 0.1) is 0 Å². The van der Waals surface area contributed by atoms with Crippen LogP contribution in [0.5, 0.6) is 0 Å². The Labute approximate surface area is 66.5 Å². The second-order valence-electron chi connectivity index (χ2n) is 2.64. The van der Waals surface area contributed by atoms with E-state index >= 15 is 0 Å². The molecule has 1 rings (SSSR count). The van der Waals surface area contributed by atoms with Crippen LogP contribution in [0.25, 0.3) is 0 Å². The van der Waals surface area contributed by atoms with Gasteiger partial charge in [-0.2, -0.15) is 22.0 Å². The second-order valence-corrected chi connectivity index (χ2v) is 2.64. The number of alkyl halides is 8. The third kappa shape index (κ3) is 0.912. The molecule has 0 spiro atoms. The first-order valence-corrected chi connectivity index (χ1v) is 2.98. The van der Waals surface area contributed by atoms with E-state index in [1.54, 1.807) is 0 Å². The Morgan fingerprint density at radius 1 is 0.846 bits per heavy atom. The van der Waals surface area contributed by atoms with Gasteiger partial charge in [-0.25, -0.2) is 13.2 Å². The molecule has 3 atom stereocenters. The number of rotatable bonds is 0. The molecule has 0 bridgehead atoms. The first kappa shape index (κ1) is 10.5. The van der Waals surface area contributed by atoms with Crippen molar-refractivity contribution in [3.8, 4) is 0 Å². The molecule has 78 valence electrons. The zero-order valence-corrected chi connectivity index (χ0v) is 5.68. The summed E-state index contributed by atoms with van der Waals surface area (Å²) in [6.45, 7) is 0. The largest absolute Gasteiger partial charge is 0.431 e. The normalized spacial score (nSPS) is 44.3. The summed E-state index contributed by atoms with van der Waals surface area (Å²) in [5, 5.41) is 0. The predicted octanol–water partition coefficient (Wildman–Crippen LogP) is 2.58. The van der Waals surface area contributed by atoms with Gasteiger partial charge >= 0.3 is 17.8 Å². The minimum Gasteiger partial charge on any atom is -0.240 e. The summed E-state index contributed by atoms with van der Waals surface area (Å²) in [5.74, 6) is -5.34. The van der Waals surface area contributed by atoms with Gasteiger partial charge in [-0.05, 0) is 0 Å². The lowest BCUT2D eigenvalue weighted by Gasteiger charge is -2.48. The topological polar surface area (TPSA) is 0 Å².